The second-order valence-corrected chi connectivity index (χ2v) is 5.54. The minimum Gasteiger partial charge on any atom is -0.378 e. The van der Waals surface area contributed by atoms with Gasteiger partial charge in [0.2, 0.25) is 0 Å². The molecule has 2 rings (SSSR count). The molecule has 2 nitrogen and oxygen atoms in total. The van der Waals surface area contributed by atoms with Crippen LogP contribution in [0.25, 0.3) is 0 Å². The van der Waals surface area contributed by atoms with E-state index in [0.717, 1.165) is 25.2 Å². The van der Waals surface area contributed by atoms with Gasteiger partial charge in [-0.05, 0) is 32.1 Å². The lowest BCUT2D eigenvalue weighted by Gasteiger charge is -2.38. The van der Waals surface area contributed by atoms with E-state index in [2.05, 4.69) is 18.4 Å². The van der Waals surface area contributed by atoms with Crippen molar-refractivity contribution in [3.8, 4) is 0 Å². The molecule has 2 saturated heterocycles. The maximum absolute atomic E-state index is 6.04. The number of unbranched alkanes of at least 4 members (excludes halogenated alkanes) is 2. The first-order valence-electron chi connectivity index (χ1n) is 7.33. The SMILES string of the molecule is C=CCN1C2CCC1CC(OCCCCC)C2. The van der Waals surface area contributed by atoms with Crippen LogP contribution >= 0.6 is 0 Å². The van der Waals surface area contributed by atoms with Crippen LogP contribution in [0.4, 0.5) is 0 Å². The minimum absolute atomic E-state index is 0.533. The lowest BCUT2D eigenvalue weighted by molar-refractivity contribution is -0.0176. The lowest BCUT2D eigenvalue weighted by atomic mass is 9.99. The molecule has 17 heavy (non-hydrogen) atoms. The zero-order valence-corrected chi connectivity index (χ0v) is 11.2. The summed E-state index contributed by atoms with van der Waals surface area (Å²) in [6.45, 7) is 8.15. The van der Waals surface area contributed by atoms with Gasteiger partial charge in [0.15, 0.2) is 0 Å². The van der Waals surface area contributed by atoms with Gasteiger partial charge in [-0.3, -0.25) is 4.90 Å². The van der Waals surface area contributed by atoms with Crippen LogP contribution in [-0.4, -0.2) is 36.2 Å². The Morgan fingerprint density at radius 3 is 2.53 bits per heavy atom. The van der Waals surface area contributed by atoms with Crippen LogP contribution in [0.3, 0.4) is 0 Å². The Balaban J connectivity index is 1.73. The molecule has 2 aliphatic rings. The molecule has 0 saturated carbocycles. The molecule has 0 aromatic heterocycles. The highest BCUT2D eigenvalue weighted by molar-refractivity contribution is 4.97. The topological polar surface area (TPSA) is 12.5 Å². The van der Waals surface area contributed by atoms with Crippen LogP contribution in [0.5, 0.6) is 0 Å². The molecule has 0 aromatic carbocycles. The number of fused-ring (bicyclic) bond motifs is 2. The van der Waals surface area contributed by atoms with E-state index >= 15 is 0 Å². The third-order valence-corrected chi connectivity index (χ3v) is 4.28. The van der Waals surface area contributed by atoms with Crippen molar-refractivity contribution in [3.63, 3.8) is 0 Å². The lowest BCUT2D eigenvalue weighted by Crippen LogP contribution is -2.45. The Bertz CT molecular complexity index is 227. The van der Waals surface area contributed by atoms with E-state index in [4.69, 9.17) is 4.74 Å². The van der Waals surface area contributed by atoms with Crippen molar-refractivity contribution in [2.75, 3.05) is 13.2 Å². The Morgan fingerprint density at radius 2 is 1.94 bits per heavy atom. The van der Waals surface area contributed by atoms with Crippen molar-refractivity contribution >= 4 is 0 Å². The second-order valence-electron chi connectivity index (χ2n) is 5.54. The van der Waals surface area contributed by atoms with Gasteiger partial charge in [0, 0.05) is 25.2 Å². The Morgan fingerprint density at radius 1 is 1.24 bits per heavy atom. The quantitative estimate of drug-likeness (QED) is 0.497. The smallest absolute Gasteiger partial charge is 0.0605 e. The molecule has 0 spiro atoms. The first-order chi connectivity index (χ1) is 8.35. The normalized spacial score (nSPS) is 32.9. The van der Waals surface area contributed by atoms with E-state index in [1.165, 1.54) is 44.9 Å². The summed E-state index contributed by atoms with van der Waals surface area (Å²) in [4.78, 5) is 2.64. The maximum Gasteiger partial charge on any atom is 0.0605 e. The number of piperidine rings is 1. The Labute approximate surface area is 106 Å². The van der Waals surface area contributed by atoms with Crippen LogP contribution in [0.2, 0.25) is 0 Å². The Kier molecular flexibility index (Phi) is 5.05. The van der Waals surface area contributed by atoms with Gasteiger partial charge in [-0.2, -0.15) is 0 Å². The second kappa shape index (κ2) is 6.55. The van der Waals surface area contributed by atoms with Gasteiger partial charge in [-0.15, -0.1) is 6.58 Å². The van der Waals surface area contributed by atoms with Crippen LogP contribution in [0.15, 0.2) is 12.7 Å². The van der Waals surface area contributed by atoms with Gasteiger partial charge >= 0.3 is 0 Å². The van der Waals surface area contributed by atoms with Crippen molar-refractivity contribution in [3.05, 3.63) is 12.7 Å². The highest BCUT2D eigenvalue weighted by Crippen LogP contribution is 2.36. The predicted molar refractivity (Wildman–Crippen MR) is 72.2 cm³/mol. The summed E-state index contributed by atoms with van der Waals surface area (Å²) in [5.74, 6) is 0. The standard InChI is InChI=1S/C15H27NO/c1-3-5-6-10-17-15-11-13-7-8-14(12-15)16(13)9-4-2/h4,13-15H,2-3,5-12H2,1H3. The summed E-state index contributed by atoms with van der Waals surface area (Å²) in [5, 5.41) is 0. The van der Waals surface area contributed by atoms with Gasteiger partial charge in [-0.1, -0.05) is 25.8 Å². The van der Waals surface area contributed by atoms with Gasteiger partial charge < -0.3 is 4.74 Å². The molecule has 2 unspecified atom stereocenters. The van der Waals surface area contributed by atoms with Crippen LogP contribution in [0.1, 0.15) is 51.9 Å². The van der Waals surface area contributed by atoms with E-state index in [-0.39, 0.29) is 0 Å². The van der Waals surface area contributed by atoms with E-state index in [9.17, 15) is 0 Å². The van der Waals surface area contributed by atoms with Crippen molar-refractivity contribution in [2.45, 2.75) is 70.1 Å². The molecule has 98 valence electrons. The van der Waals surface area contributed by atoms with Crippen LogP contribution in [-0.2, 0) is 4.74 Å². The highest BCUT2D eigenvalue weighted by Gasteiger charge is 2.40. The van der Waals surface area contributed by atoms with Gasteiger partial charge in [0.05, 0.1) is 6.10 Å². The summed E-state index contributed by atoms with van der Waals surface area (Å²) in [7, 11) is 0. The minimum atomic E-state index is 0.533. The van der Waals surface area contributed by atoms with Crippen molar-refractivity contribution in [1.82, 2.24) is 4.90 Å². The fourth-order valence-corrected chi connectivity index (χ4v) is 3.41. The van der Waals surface area contributed by atoms with E-state index < -0.39 is 0 Å². The van der Waals surface area contributed by atoms with E-state index in [1.54, 1.807) is 0 Å². The van der Waals surface area contributed by atoms with Crippen LogP contribution in [0, 0.1) is 0 Å². The van der Waals surface area contributed by atoms with Gasteiger partial charge in [-0.25, -0.2) is 0 Å². The zero-order chi connectivity index (χ0) is 12.1. The number of rotatable bonds is 7. The molecule has 2 heterocycles. The molecule has 2 bridgehead atoms. The van der Waals surface area contributed by atoms with Crippen molar-refractivity contribution in [2.24, 2.45) is 0 Å². The zero-order valence-electron chi connectivity index (χ0n) is 11.2. The number of ether oxygens (including phenoxy) is 1. The third-order valence-electron chi connectivity index (χ3n) is 4.28. The molecular weight excluding hydrogens is 210 g/mol. The summed E-state index contributed by atoms with van der Waals surface area (Å²) in [6, 6.07) is 1.53. The molecule has 2 fully saturated rings. The fraction of sp³-hybridized carbons (Fsp3) is 0.867. The molecule has 2 aliphatic heterocycles. The average Bonchev–Trinajstić information content (AvgIpc) is 2.59. The summed E-state index contributed by atoms with van der Waals surface area (Å²) < 4.78 is 6.04. The molecule has 0 aliphatic carbocycles. The van der Waals surface area contributed by atoms with Crippen molar-refractivity contribution < 1.29 is 4.74 Å². The summed E-state index contributed by atoms with van der Waals surface area (Å²) in [6.07, 6.45) is 11.6. The van der Waals surface area contributed by atoms with Crippen molar-refractivity contribution in [1.29, 1.82) is 0 Å². The number of hydrogen-bond donors (Lipinski definition) is 0. The van der Waals surface area contributed by atoms with E-state index in [0.29, 0.717) is 6.10 Å². The first-order valence-corrected chi connectivity index (χ1v) is 7.33. The maximum atomic E-state index is 6.04. The van der Waals surface area contributed by atoms with E-state index in [1.807, 2.05) is 6.08 Å². The van der Waals surface area contributed by atoms with Gasteiger partial charge in [0.1, 0.15) is 0 Å². The molecule has 2 heteroatoms. The molecule has 2 atom stereocenters. The van der Waals surface area contributed by atoms with Crippen LogP contribution < -0.4 is 0 Å². The molecular formula is C15H27NO. The average molecular weight is 237 g/mol. The molecule has 0 N–H and O–H groups in total. The third kappa shape index (κ3) is 3.32. The summed E-state index contributed by atoms with van der Waals surface area (Å²) in [5.41, 5.74) is 0. The monoisotopic (exact) mass is 237 g/mol. The number of nitrogens with zero attached hydrogens (tertiary/aromatic N) is 1. The molecule has 0 amide bonds. The van der Waals surface area contributed by atoms with Gasteiger partial charge in [0.25, 0.3) is 0 Å². The largest absolute Gasteiger partial charge is 0.378 e. The number of hydrogen-bond acceptors (Lipinski definition) is 2. The predicted octanol–water partition coefficient (Wildman–Crippen LogP) is 3.37. The molecule has 0 radical (unpaired) electrons. The Hall–Kier alpha value is -0.340. The summed E-state index contributed by atoms with van der Waals surface area (Å²) >= 11 is 0. The first kappa shape index (κ1) is 13.1. The highest BCUT2D eigenvalue weighted by atomic mass is 16.5. The molecule has 0 aromatic rings. The fourth-order valence-electron chi connectivity index (χ4n) is 3.41.